The van der Waals surface area contributed by atoms with Crippen molar-refractivity contribution in [2.75, 3.05) is 0 Å². The lowest BCUT2D eigenvalue weighted by atomic mass is 9.89. The Hall–Kier alpha value is -7.43. The number of nitrogens with zero attached hydrogens (tertiary/aromatic N) is 4. The van der Waals surface area contributed by atoms with Crippen molar-refractivity contribution < 1.29 is 0 Å². The van der Waals surface area contributed by atoms with E-state index in [0.717, 1.165) is 33.4 Å². The van der Waals surface area contributed by atoms with Crippen LogP contribution in [0, 0.1) is 0 Å². The van der Waals surface area contributed by atoms with Gasteiger partial charge >= 0.3 is 0 Å². The molecule has 0 N–H and O–H groups in total. The first kappa shape index (κ1) is 32.0. The quantitative estimate of drug-likeness (QED) is 0.172. The first-order valence-electron chi connectivity index (χ1n) is 19.1. The molecular weight excluding hydrogens is 681 g/mol. The van der Waals surface area contributed by atoms with E-state index in [4.69, 9.17) is 15.0 Å². The summed E-state index contributed by atoms with van der Waals surface area (Å²) >= 11 is 0. The molecule has 0 saturated carbocycles. The van der Waals surface area contributed by atoms with E-state index in [9.17, 15) is 0 Å². The Morgan fingerprint density at radius 1 is 0.339 bits per heavy atom. The minimum absolute atomic E-state index is 0.236. The standard InChI is InChI=1S/C52H34N4/c1-4-15-34(16-5-1)49-43-25-11-10-23-41(43)45-32-37(27-29-44(45)49)38-28-30-48-46(33-38)42-24-12-13-26-47(42)56(48)40-22-14-21-39(31-40)52-54-50(35-17-6-2-7-18-35)53-51(55-52)36-19-8-3-9-20-36/h1-33,49H. The molecule has 1 unspecified atom stereocenters. The van der Waals surface area contributed by atoms with Gasteiger partial charge in [-0.25, -0.2) is 15.0 Å². The molecule has 1 aliphatic carbocycles. The first-order valence-corrected chi connectivity index (χ1v) is 19.1. The third-order valence-corrected chi connectivity index (χ3v) is 11.1. The van der Waals surface area contributed by atoms with Gasteiger partial charge in [0.15, 0.2) is 17.5 Å². The van der Waals surface area contributed by atoms with Crippen LogP contribution in [0.5, 0.6) is 0 Å². The van der Waals surface area contributed by atoms with Gasteiger partial charge in [-0.15, -0.1) is 0 Å². The number of hydrogen-bond acceptors (Lipinski definition) is 3. The second-order valence-corrected chi connectivity index (χ2v) is 14.4. The van der Waals surface area contributed by atoms with Crippen molar-refractivity contribution in [2.45, 2.75) is 5.92 Å². The normalized spacial score (nSPS) is 13.2. The monoisotopic (exact) mass is 714 g/mol. The molecule has 1 aliphatic rings. The summed E-state index contributed by atoms with van der Waals surface area (Å²) < 4.78 is 2.36. The highest BCUT2D eigenvalue weighted by Crippen LogP contribution is 2.49. The zero-order valence-corrected chi connectivity index (χ0v) is 30.4. The van der Waals surface area contributed by atoms with Crippen LogP contribution in [0.2, 0.25) is 0 Å². The molecular formula is C52H34N4. The van der Waals surface area contributed by atoms with Gasteiger partial charge in [0.25, 0.3) is 0 Å². The molecule has 0 saturated heterocycles. The van der Waals surface area contributed by atoms with Gasteiger partial charge in [0.1, 0.15) is 0 Å². The van der Waals surface area contributed by atoms with Crippen molar-refractivity contribution in [3.63, 3.8) is 0 Å². The third-order valence-electron chi connectivity index (χ3n) is 11.1. The van der Waals surface area contributed by atoms with Crippen LogP contribution in [0.4, 0.5) is 0 Å². The second kappa shape index (κ2) is 13.2. The largest absolute Gasteiger partial charge is 0.309 e. The van der Waals surface area contributed by atoms with Gasteiger partial charge in [-0.3, -0.25) is 0 Å². The Kier molecular flexibility index (Phi) is 7.52. The van der Waals surface area contributed by atoms with Crippen LogP contribution in [0.1, 0.15) is 22.6 Å². The molecule has 262 valence electrons. The molecule has 0 aliphatic heterocycles. The molecule has 4 heteroatoms. The summed E-state index contributed by atoms with van der Waals surface area (Å²) in [6.45, 7) is 0. The highest BCUT2D eigenvalue weighted by atomic mass is 15.0. The van der Waals surface area contributed by atoms with E-state index in [1.807, 2.05) is 60.7 Å². The summed E-state index contributed by atoms with van der Waals surface area (Å²) in [5.74, 6) is 2.17. The van der Waals surface area contributed by atoms with Crippen LogP contribution < -0.4 is 0 Å². The summed E-state index contributed by atoms with van der Waals surface area (Å²) in [5.41, 5.74) is 15.3. The number of benzene rings is 8. The maximum Gasteiger partial charge on any atom is 0.164 e. The fourth-order valence-electron chi connectivity index (χ4n) is 8.54. The Bertz CT molecular complexity index is 3020. The molecule has 8 aromatic carbocycles. The average Bonchev–Trinajstić information content (AvgIpc) is 3.79. The average molecular weight is 715 g/mol. The van der Waals surface area contributed by atoms with Crippen molar-refractivity contribution in [1.82, 2.24) is 19.5 Å². The van der Waals surface area contributed by atoms with Crippen LogP contribution in [0.25, 0.3) is 83.9 Å². The first-order chi connectivity index (χ1) is 27.8. The molecule has 1 atom stereocenters. The van der Waals surface area contributed by atoms with E-state index in [1.165, 1.54) is 49.7 Å². The summed E-state index contributed by atoms with van der Waals surface area (Å²) in [5, 5.41) is 2.42. The Morgan fingerprint density at radius 2 is 0.893 bits per heavy atom. The van der Waals surface area contributed by atoms with E-state index in [-0.39, 0.29) is 5.92 Å². The van der Waals surface area contributed by atoms with Gasteiger partial charge in [-0.1, -0.05) is 164 Å². The van der Waals surface area contributed by atoms with E-state index in [1.54, 1.807) is 0 Å². The van der Waals surface area contributed by atoms with Crippen LogP contribution >= 0.6 is 0 Å². The van der Waals surface area contributed by atoms with Crippen LogP contribution in [0.3, 0.4) is 0 Å². The molecule has 10 aromatic rings. The fraction of sp³-hybridized carbons (Fsp3) is 0.0192. The molecule has 2 aromatic heterocycles. The van der Waals surface area contributed by atoms with Gasteiger partial charge in [0, 0.05) is 39.1 Å². The number of para-hydroxylation sites is 1. The fourth-order valence-corrected chi connectivity index (χ4v) is 8.54. The molecule has 56 heavy (non-hydrogen) atoms. The zero-order chi connectivity index (χ0) is 37.0. The van der Waals surface area contributed by atoms with Crippen LogP contribution in [-0.2, 0) is 0 Å². The minimum Gasteiger partial charge on any atom is -0.309 e. The Morgan fingerprint density at radius 3 is 1.64 bits per heavy atom. The third kappa shape index (κ3) is 5.34. The number of rotatable bonds is 6. The summed E-state index contributed by atoms with van der Waals surface area (Å²) in [7, 11) is 0. The van der Waals surface area contributed by atoms with Crippen molar-refractivity contribution in [2.24, 2.45) is 0 Å². The molecule has 0 amide bonds. The molecule has 0 fully saturated rings. The van der Waals surface area contributed by atoms with Gasteiger partial charge in [0.05, 0.1) is 11.0 Å². The van der Waals surface area contributed by atoms with Crippen molar-refractivity contribution in [3.05, 3.63) is 217 Å². The molecule has 2 heterocycles. The van der Waals surface area contributed by atoms with Gasteiger partial charge in [0.2, 0.25) is 0 Å². The lowest BCUT2D eigenvalue weighted by molar-refractivity contribution is 1.02. The zero-order valence-electron chi connectivity index (χ0n) is 30.4. The lowest BCUT2D eigenvalue weighted by Gasteiger charge is -2.14. The highest BCUT2D eigenvalue weighted by Gasteiger charge is 2.30. The van der Waals surface area contributed by atoms with E-state index in [2.05, 4.69) is 144 Å². The summed E-state index contributed by atoms with van der Waals surface area (Å²) in [4.78, 5) is 14.9. The maximum absolute atomic E-state index is 5.02. The summed E-state index contributed by atoms with van der Waals surface area (Å²) in [6.07, 6.45) is 0. The Labute approximate surface area is 325 Å². The second-order valence-electron chi connectivity index (χ2n) is 14.4. The van der Waals surface area contributed by atoms with E-state index in [0.29, 0.717) is 17.5 Å². The maximum atomic E-state index is 5.02. The highest BCUT2D eigenvalue weighted by molar-refractivity contribution is 6.10. The summed E-state index contributed by atoms with van der Waals surface area (Å²) in [6, 6.07) is 71.2. The van der Waals surface area contributed by atoms with Crippen LogP contribution in [-0.4, -0.2) is 19.5 Å². The minimum atomic E-state index is 0.236. The topological polar surface area (TPSA) is 43.6 Å². The lowest BCUT2D eigenvalue weighted by Crippen LogP contribution is -2.01. The van der Waals surface area contributed by atoms with Gasteiger partial charge < -0.3 is 4.57 Å². The number of hydrogen-bond donors (Lipinski definition) is 0. The number of aromatic nitrogens is 4. The Balaban J connectivity index is 1.03. The van der Waals surface area contributed by atoms with Crippen molar-refractivity contribution in [1.29, 1.82) is 0 Å². The van der Waals surface area contributed by atoms with Crippen molar-refractivity contribution in [3.8, 4) is 62.1 Å². The molecule has 11 rings (SSSR count). The van der Waals surface area contributed by atoms with Gasteiger partial charge in [-0.05, 0) is 75.3 Å². The number of fused-ring (bicyclic) bond motifs is 6. The van der Waals surface area contributed by atoms with E-state index >= 15 is 0 Å². The molecule has 4 nitrogen and oxygen atoms in total. The molecule has 0 bridgehead atoms. The van der Waals surface area contributed by atoms with Crippen molar-refractivity contribution >= 4 is 21.8 Å². The predicted octanol–water partition coefficient (Wildman–Crippen LogP) is 12.8. The van der Waals surface area contributed by atoms with E-state index < -0.39 is 0 Å². The SMILES string of the molecule is c1ccc(-c2nc(-c3ccccc3)nc(-c3cccc(-n4c5ccccc5c5cc(-c6ccc7c(c6)-c6ccccc6C7c6ccccc6)ccc54)c3)n2)cc1. The smallest absolute Gasteiger partial charge is 0.164 e. The van der Waals surface area contributed by atoms with Crippen LogP contribution in [0.15, 0.2) is 200 Å². The molecule has 0 radical (unpaired) electrons. The predicted molar refractivity (Wildman–Crippen MR) is 229 cm³/mol. The molecule has 0 spiro atoms. The van der Waals surface area contributed by atoms with Gasteiger partial charge in [-0.2, -0.15) is 0 Å².